The zero-order valence-electron chi connectivity index (χ0n) is 15.1. The molecule has 3 amide bonds. The van der Waals surface area contributed by atoms with Crippen LogP contribution in [0.15, 0.2) is 29.2 Å². The molecule has 6 nitrogen and oxygen atoms in total. The lowest BCUT2D eigenvalue weighted by atomic mass is 10.3. The monoisotopic (exact) mass is 398 g/mol. The van der Waals surface area contributed by atoms with Gasteiger partial charge in [0.05, 0.1) is 6.54 Å². The number of hydrogen-bond donors (Lipinski definition) is 1. The second-order valence-corrected chi connectivity index (χ2v) is 7.75. The molecule has 0 bridgehead atoms. The Labute approximate surface area is 161 Å². The molecule has 2 fully saturated rings. The first kappa shape index (κ1) is 19.9. The molecular formula is C18H24F2N4O2S. The van der Waals surface area contributed by atoms with E-state index in [1.54, 1.807) is 29.2 Å². The standard InChI is InChI=1S/C18H24F2N4O2S/c19-17(20)27-15-5-3-4-14(12-15)21-18(26)24-10-8-22(9-11-24)13-16(25)23-6-1-2-7-23/h3-5,12,17H,1-2,6-11,13H2,(H,21,26). The first-order chi connectivity index (χ1) is 13.0. The topological polar surface area (TPSA) is 55.9 Å². The number of alkyl halides is 2. The third kappa shape index (κ3) is 5.80. The number of carbonyl (C=O) groups is 2. The van der Waals surface area contributed by atoms with Gasteiger partial charge in [-0.05, 0) is 31.0 Å². The smallest absolute Gasteiger partial charge is 0.321 e. The van der Waals surface area contributed by atoms with E-state index in [1.807, 2.05) is 4.90 Å². The normalized spacial score (nSPS) is 18.2. The molecule has 2 saturated heterocycles. The van der Waals surface area contributed by atoms with Gasteiger partial charge in [-0.3, -0.25) is 9.69 Å². The molecule has 0 aromatic heterocycles. The molecule has 0 atom stereocenters. The molecule has 1 N–H and O–H groups in total. The Morgan fingerprint density at radius 3 is 2.41 bits per heavy atom. The fraction of sp³-hybridized carbons (Fsp3) is 0.556. The number of anilines is 1. The number of benzene rings is 1. The van der Waals surface area contributed by atoms with Crippen molar-refractivity contribution >= 4 is 29.4 Å². The molecule has 3 rings (SSSR count). The maximum Gasteiger partial charge on any atom is 0.321 e. The van der Waals surface area contributed by atoms with E-state index in [1.165, 1.54) is 0 Å². The lowest BCUT2D eigenvalue weighted by Gasteiger charge is -2.35. The molecule has 2 aliphatic rings. The molecule has 0 saturated carbocycles. The van der Waals surface area contributed by atoms with Gasteiger partial charge in [-0.15, -0.1) is 0 Å². The van der Waals surface area contributed by atoms with Gasteiger partial charge in [0.1, 0.15) is 0 Å². The highest BCUT2D eigenvalue weighted by molar-refractivity contribution is 7.99. The summed E-state index contributed by atoms with van der Waals surface area (Å²) >= 11 is 0.451. The molecule has 1 aromatic carbocycles. The summed E-state index contributed by atoms with van der Waals surface area (Å²) in [4.78, 5) is 30.7. The first-order valence-corrected chi connectivity index (χ1v) is 10.00. The third-order valence-electron chi connectivity index (χ3n) is 4.79. The maximum atomic E-state index is 12.5. The summed E-state index contributed by atoms with van der Waals surface area (Å²) in [6.07, 6.45) is 2.16. The predicted octanol–water partition coefficient (Wildman–Crippen LogP) is 2.77. The van der Waals surface area contributed by atoms with Crippen LogP contribution in [0.1, 0.15) is 12.8 Å². The van der Waals surface area contributed by atoms with Crippen LogP contribution in [0, 0.1) is 0 Å². The van der Waals surface area contributed by atoms with Crippen molar-refractivity contribution in [3.8, 4) is 0 Å². The van der Waals surface area contributed by atoms with E-state index in [-0.39, 0.29) is 11.9 Å². The molecule has 9 heteroatoms. The number of nitrogens with one attached hydrogen (secondary N) is 1. The molecule has 0 aliphatic carbocycles. The number of hydrogen-bond acceptors (Lipinski definition) is 4. The van der Waals surface area contributed by atoms with Crippen molar-refractivity contribution in [2.45, 2.75) is 23.5 Å². The summed E-state index contributed by atoms with van der Waals surface area (Å²) in [6, 6.07) is 6.20. The van der Waals surface area contributed by atoms with Crippen molar-refractivity contribution in [1.82, 2.24) is 14.7 Å². The van der Waals surface area contributed by atoms with Crippen LogP contribution in [0.4, 0.5) is 19.3 Å². The van der Waals surface area contributed by atoms with Gasteiger partial charge in [0.25, 0.3) is 5.76 Å². The number of halogens is 2. The van der Waals surface area contributed by atoms with Crippen LogP contribution in [0.25, 0.3) is 0 Å². The van der Waals surface area contributed by atoms with E-state index in [4.69, 9.17) is 0 Å². The number of piperazine rings is 1. The highest BCUT2D eigenvalue weighted by Gasteiger charge is 2.25. The number of nitrogens with zero attached hydrogens (tertiary/aromatic N) is 3. The largest absolute Gasteiger partial charge is 0.342 e. The molecule has 27 heavy (non-hydrogen) atoms. The summed E-state index contributed by atoms with van der Waals surface area (Å²) in [5.41, 5.74) is 0.497. The average Bonchev–Trinajstić information content (AvgIpc) is 3.17. The van der Waals surface area contributed by atoms with Gasteiger partial charge in [0, 0.05) is 49.9 Å². The Balaban J connectivity index is 1.45. The Hall–Kier alpha value is -1.87. The van der Waals surface area contributed by atoms with Crippen molar-refractivity contribution < 1.29 is 18.4 Å². The van der Waals surface area contributed by atoms with Crippen molar-refractivity contribution in [2.75, 3.05) is 51.1 Å². The van der Waals surface area contributed by atoms with Crippen LogP contribution in [0.5, 0.6) is 0 Å². The van der Waals surface area contributed by atoms with Crippen LogP contribution < -0.4 is 5.32 Å². The van der Waals surface area contributed by atoms with E-state index < -0.39 is 5.76 Å². The zero-order valence-corrected chi connectivity index (χ0v) is 15.9. The Kier molecular flexibility index (Phi) is 6.89. The summed E-state index contributed by atoms with van der Waals surface area (Å²) in [5, 5.41) is 2.76. The molecule has 2 heterocycles. The van der Waals surface area contributed by atoms with Crippen LogP contribution in [-0.4, -0.2) is 78.2 Å². The number of urea groups is 1. The van der Waals surface area contributed by atoms with E-state index in [0.29, 0.717) is 55.1 Å². The van der Waals surface area contributed by atoms with E-state index in [2.05, 4.69) is 10.2 Å². The van der Waals surface area contributed by atoms with Gasteiger partial charge in [-0.25, -0.2) is 4.79 Å². The molecule has 0 unspecified atom stereocenters. The summed E-state index contributed by atoms with van der Waals surface area (Å²) in [7, 11) is 0. The predicted molar refractivity (Wildman–Crippen MR) is 101 cm³/mol. The van der Waals surface area contributed by atoms with Crippen molar-refractivity contribution in [2.24, 2.45) is 0 Å². The third-order valence-corrected chi connectivity index (χ3v) is 5.49. The fourth-order valence-corrected chi connectivity index (χ4v) is 3.88. The second kappa shape index (κ2) is 9.36. The summed E-state index contributed by atoms with van der Waals surface area (Å²) in [5.74, 6) is -2.33. The fourth-order valence-electron chi connectivity index (χ4n) is 3.32. The lowest BCUT2D eigenvalue weighted by molar-refractivity contribution is -0.131. The summed E-state index contributed by atoms with van der Waals surface area (Å²) in [6.45, 7) is 4.47. The zero-order chi connectivity index (χ0) is 19.2. The molecule has 0 spiro atoms. The SMILES string of the molecule is O=C(CN1CCN(C(=O)Nc2cccc(SC(F)F)c2)CC1)N1CCCC1. The number of thioether (sulfide) groups is 1. The Morgan fingerprint density at radius 1 is 1.04 bits per heavy atom. The quantitative estimate of drug-likeness (QED) is 0.775. The van der Waals surface area contributed by atoms with Gasteiger partial charge >= 0.3 is 6.03 Å². The maximum absolute atomic E-state index is 12.5. The first-order valence-electron chi connectivity index (χ1n) is 9.12. The lowest BCUT2D eigenvalue weighted by Crippen LogP contribution is -2.52. The van der Waals surface area contributed by atoms with Crippen molar-refractivity contribution in [3.05, 3.63) is 24.3 Å². The van der Waals surface area contributed by atoms with Crippen LogP contribution in [-0.2, 0) is 4.79 Å². The number of rotatable bonds is 5. The Morgan fingerprint density at radius 2 is 1.74 bits per heavy atom. The highest BCUT2D eigenvalue weighted by Crippen LogP contribution is 2.27. The van der Waals surface area contributed by atoms with Gasteiger partial charge in [0.2, 0.25) is 5.91 Å². The molecule has 148 valence electrons. The minimum Gasteiger partial charge on any atom is -0.342 e. The van der Waals surface area contributed by atoms with Crippen LogP contribution in [0.3, 0.4) is 0 Å². The van der Waals surface area contributed by atoms with Gasteiger partial charge in [-0.2, -0.15) is 8.78 Å². The minimum absolute atomic E-state index is 0.166. The number of amides is 3. The Bertz CT molecular complexity index is 663. The van der Waals surface area contributed by atoms with E-state index in [9.17, 15) is 18.4 Å². The molecule has 1 aromatic rings. The highest BCUT2D eigenvalue weighted by atomic mass is 32.2. The van der Waals surface area contributed by atoms with E-state index in [0.717, 1.165) is 25.9 Å². The van der Waals surface area contributed by atoms with Crippen LogP contribution >= 0.6 is 11.8 Å². The molecular weight excluding hydrogens is 374 g/mol. The number of carbonyl (C=O) groups excluding carboxylic acids is 2. The van der Waals surface area contributed by atoms with Gasteiger partial charge in [-0.1, -0.05) is 17.8 Å². The van der Waals surface area contributed by atoms with Crippen molar-refractivity contribution in [1.29, 1.82) is 0 Å². The second-order valence-electron chi connectivity index (χ2n) is 6.69. The van der Waals surface area contributed by atoms with Crippen LogP contribution in [0.2, 0.25) is 0 Å². The number of likely N-dealkylation sites (tertiary alicyclic amines) is 1. The average molecular weight is 398 g/mol. The van der Waals surface area contributed by atoms with Gasteiger partial charge in [0.15, 0.2) is 0 Å². The molecule has 2 aliphatic heterocycles. The van der Waals surface area contributed by atoms with Crippen molar-refractivity contribution in [3.63, 3.8) is 0 Å². The summed E-state index contributed by atoms with van der Waals surface area (Å²) < 4.78 is 24.9. The van der Waals surface area contributed by atoms with E-state index >= 15 is 0 Å². The minimum atomic E-state index is -2.49. The molecule has 0 radical (unpaired) electrons. The van der Waals surface area contributed by atoms with Gasteiger partial charge < -0.3 is 15.1 Å².